The molecule has 1 aliphatic rings. The van der Waals surface area contributed by atoms with E-state index in [2.05, 4.69) is 11.4 Å². The van der Waals surface area contributed by atoms with Crippen molar-refractivity contribution < 1.29 is 0 Å². The van der Waals surface area contributed by atoms with Crippen molar-refractivity contribution in [3.63, 3.8) is 0 Å². The van der Waals surface area contributed by atoms with Crippen molar-refractivity contribution >= 4 is 17.3 Å². The van der Waals surface area contributed by atoms with Crippen LogP contribution in [0.1, 0.15) is 11.5 Å². The summed E-state index contributed by atoms with van der Waals surface area (Å²) in [6, 6.07) is 5.91. The topological polar surface area (TPSA) is 38.0 Å². The van der Waals surface area contributed by atoms with Crippen LogP contribution in [0, 0.1) is 0 Å². The largest absolute Gasteiger partial charge is 0.384 e. The predicted octanol–water partition coefficient (Wildman–Crippen LogP) is 1.81. The van der Waals surface area contributed by atoms with E-state index < -0.39 is 0 Å². The highest BCUT2D eigenvalue weighted by atomic mass is 35.5. The summed E-state index contributed by atoms with van der Waals surface area (Å²) in [6.45, 7) is 1.63. The molecule has 1 heterocycles. The molecule has 0 bridgehead atoms. The first-order chi connectivity index (χ1) is 5.81. The summed E-state index contributed by atoms with van der Waals surface area (Å²) in [5, 5.41) is 4.05. The van der Waals surface area contributed by atoms with Gasteiger partial charge in [-0.05, 0) is 17.7 Å². The number of hydrogen-bond donors (Lipinski definition) is 2. The summed E-state index contributed by atoms with van der Waals surface area (Å²) in [7, 11) is 0. The molecule has 2 nitrogen and oxygen atoms in total. The molecule has 3 N–H and O–H groups in total. The predicted molar refractivity (Wildman–Crippen MR) is 51.7 cm³/mol. The van der Waals surface area contributed by atoms with Gasteiger partial charge in [-0.3, -0.25) is 0 Å². The number of fused-ring (bicyclic) bond motifs is 1. The maximum atomic E-state index is 5.84. The Balaban J connectivity index is 2.40. The Hall–Kier alpha value is -0.730. The van der Waals surface area contributed by atoms with Gasteiger partial charge in [0.05, 0.1) is 0 Å². The minimum absolute atomic E-state index is 0.456. The molecule has 1 aromatic rings. The Labute approximate surface area is 76.7 Å². The van der Waals surface area contributed by atoms with Crippen LogP contribution in [0.2, 0.25) is 5.02 Å². The third kappa shape index (κ3) is 1.17. The SMILES string of the molecule is NCC1CNc2cc(Cl)ccc21. The van der Waals surface area contributed by atoms with Crippen LogP contribution in [0.25, 0.3) is 0 Å². The van der Waals surface area contributed by atoms with Gasteiger partial charge in [0.15, 0.2) is 0 Å². The lowest BCUT2D eigenvalue weighted by Crippen LogP contribution is -2.13. The van der Waals surface area contributed by atoms with Crippen LogP contribution in [0.3, 0.4) is 0 Å². The molecule has 0 fully saturated rings. The van der Waals surface area contributed by atoms with Gasteiger partial charge in [-0.1, -0.05) is 17.7 Å². The van der Waals surface area contributed by atoms with Crippen molar-refractivity contribution in [3.8, 4) is 0 Å². The first-order valence-corrected chi connectivity index (χ1v) is 4.42. The van der Waals surface area contributed by atoms with Crippen molar-refractivity contribution in [2.45, 2.75) is 5.92 Å². The molecule has 0 saturated heterocycles. The standard InChI is InChI=1S/C9H11ClN2/c10-7-1-2-8-6(4-11)5-12-9(8)3-7/h1-3,6,12H,4-5,11H2. The lowest BCUT2D eigenvalue weighted by atomic mass is 10.0. The molecule has 0 spiro atoms. The van der Waals surface area contributed by atoms with Gasteiger partial charge in [-0.2, -0.15) is 0 Å². The molecule has 1 aliphatic heterocycles. The van der Waals surface area contributed by atoms with Crippen molar-refractivity contribution in [1.82, 2.24) is 0 Å². The lowest BCUT2D eigenvalue weighted by molar-refractivity contribution is 0.767. The fraction of sp³-hybridized carbons (Fsp3) is 0.333. The number of rotatable bonds is 1. The highest BCUT2D eigenvalue weighted by molar-refractivity contribution is 6.30. The van der Waals surface area contributed by atoms with Crippen LogP contribution in [0.4, 0.5) is 5.69 Å². The van der Waals surface area contributed by atoms with E-state index in [1.807, 2.05) is 12.1 Å². The zero-order valence-electron chi connectivity index (χ0n) is 6.68. The van der Waals surface area contributed by atoms with E-state index in [9.17, 15) is 0 Å². The Bertz CT molecular complexity index is 299. The van der Waals surface area contributed by atoms with Crippen LogP contribution >= 0.6 is 11.6 Å². The molecule has 0 aliphatic carbocycles. The molecule has 64 valence electrons. The average Bonchev–Trinajstić information content (AvgIpc) is 2.46. The summed E-state index contributed by atoms with van der Waals surface area (Å²) in [6.07, 6.45) is 0. The molecular weight excluding hydrogens is 172 g/mol. The zero-order valence-corrected chi connectivity index (χ0v) is 7.43. The normalized spacial score (nSPS) is 20.3. The minimum atomic E-state index is 0.456. The number of nitrogens with one attached hydrogen (secondary N) is 1. The van der Waals surface area contributed by atoms with Crippen LogP contribution in [-0.4, -0.2) is 13.1 Å². The maximum Gasteiger partial charge on any atom is 0.0426 e. The fourth-order valence-corrected chi connectivity index (χ4v) is 1.76. The molecule has 0 aromatic heterocycles. The number of nitrogens with two attached hydrogens (primary N) is 1. The summed E-state index contributed by atoms with van der Waals surface area (Å²) >= 11 is 5.84. The van der Waals surface area contributed by atoms with Gasteiger partial charge in [0, 0.05) is 29.7 Å². The third-order valence-corrected chi connectivity index (χ3v) is 2.51. The molecular formula is C9H11ClN2. The first-order valence-electron chi connectivity index (χ1n) is 4.04. The second kappa shape index (κ2) is 2.96. The quantitative estimate of drug-likeness (QED) is 0.695. The van der Waals surface area contributed by atoms with Gasteiger partial charge >= 0.3 is 0 Å². The van der Waals surface area contributed by atoms with Crippen molar-refractivity contribution in [3.05, 3.63) is 28.8 Å². The zero-order chi connectivity index (χ0) is 8.55. The Morgan fingerprint density at radius 2 is 2.42 bits per heavy atom. The van der Waals surface area contributed by atoms with Crippen LogP contribution in [0.5, 0.6) is 0 Å². The number of anilines is 1. The maximum absolute atomic E-state index is 5.84. The lowest BCUT2D eigenvalue weighted by Gasteiger charge is -2.04. The molecule has 0 amide bonds. The molecule has 1 atom stereocenters. The van der Waals surface area contributed by atoms with E-state index in [0.29, 0.717) is 12.5 Å². The Morgan fingerprint density at radius 3 is 3.17 bits per heavy atom. The molecule has 2 rings (SSSR count). The minimum Gasteiger partial charge on any atom is -0.384 e. The van der Waals surface area contributed by atoms with E-state index in [-0.39, 0.29) is 0 Å². The Morgan fingerprint density at radius 1 is 1.58 bits per heavy atom. The van der Waals surface area contributed by atoms with E-state index in [1.165, 1.54) is 5.56 Å². The smallest absolute Gasteiger partial charge is 0.0426 e. The number of hydrogen-bond acceptors (Lipinski definition) is 2. The van der Waals surface area contributed by atoms with Gasteiger partial charge in [-0.25, -0.2) is 0 Å². The van der Waals surface area contributed by atoms with Gasteiger partial charge in [-0.15, -0.1) is 0 Å². The molecule has 0 saturated carbocycles. The molecule has 1 unspecified atom stereocenters. The molecule has 1 aromatic carbocycles. The first kappa shape index (κ1) is 7.90. The highest BCUT2D eigenvalue weighted by Crippen LogP contribution is 2.32. The summed E-state index contributed by atoms with van der Waals surface area (Å²) < 4.78 is 0. The van der Waals surface area contributed by atoms with Gasteiger partial charge in [0.2, 0.25) is 0 Å². The van der Waals surface area contributed by atoms with Gasteiger partial charge in [0.1, 0.15) is 0 Å². The molecule has 12 heavy (non-hydrogen) atoms. The van der Waals surface area contributed by atoms with E-state index in [0.717, 1.165) is 17.3 Å². The summed E-state index contributed by atoms with van der Waals surface area (Å²) in [4.78, 5) is 0. The second-order valence-corrected chi connectivity index (χ2v) is 3.48. The van der Waals surface area contributed by atoms with E-state index in [1.54, 1.807) is 0 Å². The third-order valence-electron chi connectivity index (χ3n) is 2.28. The number of benzene rings is 1. The van der Waals surface area contributed by atoms with E-state index in [4.69, 9.17) is 17.3 Å². The van der Waals surface area contributed by atoms with Crippen LogP contribution in [-0.2, 0) is 0 Å². The monoisotopic (exact) mass is 182 g/mol. The second-order valence-electron chi connectivity index (χ2n) is 3.05. The van der Waals surface area contributed by atoms with Crippen molar-refractivity contribution in [1.29, 1.82) is 0 Å². The van der Waals surface area contributed by atoms with Gasteiger partial charge in [0.25, 0.3) is 0 Å². The van der Waals surface area contributed by atoms with E-state index >= 15 is 0 Å². The van der Waals surface area contributed by atoms with Crippen LogP contribution in [0.15, 0.2) is 18.2 Å². The van der Waals surface area contributed by atoms with Crippen molar-refractivity contribution in [2.75, 3.05) is 18.4 Å². The highest BCUT2D eigenvalue weighted by Gasteiger charge is 2.20. The number of halogens is 1. The summed E-state index contributed by atoms with van der Waals surface area (Å²) in [5.41, 5.74) is 8.04. The molecule has 0 radical (unpaired) electrons. The fourth-order valence-electron chi connectivity index (χ4n) is 1.59. The average molecular weight is 183 g/mol. The molecule has 3 heteroatoms. The van der Waals surface area contributed by atoms with Crippen LogP contribution < -0.4 is 11.1 Å². The summed E-state index contributed by atoms with van der Waals surface area (Å²) in [5.74, 6) is 0.456. The Kier molecular flexibility index (Phi) is 1.95. The van der Waals surface area contributed by atoms with Crippen molar-refractivity contribution in [2.24, 2.45) is 5.73 Å². The van der Waals surface area contributed by atoms with Gasteiger partial charge < -0.3 is 11.1 Å².